The van der Waals surface area contributed by atoms with Crippen LogP contribution in [0.15, 0.2) is 35.4 Å². The number of aromatic hydroxyl groups is 1. The van der Waals surface area contributed by atoms with Gasteiger partial charge in [0, 0.05) is 36.3 Å². The van der Waals surface area contributed by atoms with Crippen LogP contribution in [0.5, 0.6) is 5.75 Å². The van der Waals surface area contributed by atoms with E-state index in [1.807, 2.05) is 32.9 Å². The second kappa shape index (κ2) is 9.39. The number of amidine groups is 1. The number of nitrogens with one attached hydrogen (secondary N) is 2. The molecule has 4 aliphatic rings. The lowest BCUT2D eigenvalue weighted by Crippen LogP contribution is -2.37. The normalized spacial score (nSPS) is 24.9. The van der Waals surface area contributed by atoms with E-state index < -0.39 is 0 Å². The first-order valence-corrected chi connectivity index (χ1v) is 12.2. The summed E-state index contributed by atoms with van der Waals surface area (Å²) >= 11 is 0. The molecule has 9 heteroatoms. The largest absolute Gasteiger partial charge is 0.505 e. The number of phenolic OH excluding ortho intramolecular Hbond substituents is 1. The molecule has 3 aliphatic heterocycles. The maximum absolute atomic E-state index is 13.5. The average Bonchev–Trinajstić information content (AvgIpc) is 2.98. The third-order valence-electron chi connectivity index (χ3n) is 6.96. The molecule has 1 aromatic rings. The number of phenols is 1. The fourth-order valence-corrected chi connectivity index (χ4v) is 5.01. The van der Waals surface area contributed by atoms with Gasteiger partial charge >= 0.3 is 0 Å². The first kappa shape index (κ1) is 24.0. The van der Waals surface area contributed by atoms with Crippen molar-refractivity contribution in [3.63, 3.8) is 0 Å². The summed E-state index contributed by atoms with van der Waals surface area (Å²) in [5.74, 6) is 0.465. The lowest BCUT2D eigenvalue weighted by Gasteiger charge is -2.32. The Morgan fingerprint density at radius 2 is 1.83 bits per heavy atom. The number of anilines is 1. The predicted octanol–water partition coefficient (Wildman–Crippen LogP) is 2.16. The number of likely N-dealkylation sites (tertiary alicyclic amines) is 1. The van der Waals surface area contributed by atoms with Crippen molar-refractivity contribution in [2.24, 2.45) is 0 Å². The summed E-state index contributed by atoms with van der Waals surface area (Å²) in [5.41, 5.74) is 3.41. The minimum atomic E-state index is -0.337. The van der Waals surface area contributed by atoms with Gasteiger partial charge in [-0.3, -0.25) is 15.5 Å². The lowest BCUT2D eigenvalue weighted by molar-refractivity contribution is 0.0132. The molecule has 2 atom stereocenters. The lowest BCUT2D eigenvalue weighted by atomic mass is 9.84. The number of ketones is 1. The molecule has 35 heavy (non-hydrogen) atoms. The molecule has 3 fully saturated rings. The molecule has 3 heterocycles. The molecule has 0 saturated carbocycles. The van der Waals surface area contributed by atoms with E-state index in [-0.39, 0.29) is 35.7 Å². The molecule has 2 unspecified atom stereocenters. The van der Waals surface area contributed by atoms with Crippen molar-refractivity contribution in [2.75, 3.05) is 57.8 Å². The van der Waals surface area contributed by atoms with Gasteiger partial charge in [0.25, 0.3) is 0 Å². The molecule has 0 spiro atoms. The number of benzene rings is 1. The predicted molar refractivity (Wildman–Crippen MR) is 132 cm³/mol. The maximum atomic E-state index is 13.5. The molecular formula is C26H34N4O5. The van der Waals surface area contributed by atoms with Crippen LogP contribution in [0.4, 0.5) is 5.69 Å². The Balaban J connectivity index is 1.40. The molecule has 1 aliphatic carbocycles. The van der Waals surface area contributed by atoms with Crippen molar-refractivity contribution in [2.45, 2.75) is 38.4 Å². The van der Waals surface area contributed by atoms with Gasteiger partial charge in [-0.1, -0.05) is 20.8 Å². The maximum Gasteiger partial charge on any atom is 0.182 e. The van der Waals surface area contributed by atoms with Gasteiger partial charge in [0.15, 0.2) is 5.78 Å². The number of carbonyl (C=O) groups excluding carboxylic acids is 1. The molecule has 0 aromatic heterocycles. The number of rotatable bonds is 4. The van der Waals surface area contributed by atoms with Crippen molar-refractivity contribution in [1.82, 2.24) is 10.2 Å². The number of Topliss-reactive ketones (excluding diaryl/α,β-unsaturated/α-hetero) is 1. The number of carbonyl (C=O) groups is 1. The zero-order chi connectivity index (χ0) is 24.7. The quantitative estimate of drug-likeness (QED) is 0.561. The minimum absolute atomic E-state index is 0.0828. The first-order chi connectivity index (χ1) is 16.7. The highest BCUT2D eigenvalue weighted by Gasteiger charge is 2.36. The molecular weight excluding hydrogens is 448 g/mol. The van der Waals surface area contributed by atoms with E-state index in [1.165, 1.54) is 0 Å². The van der Waals surface area contributed by atoms with Crippen LogP contribution in [-0.2, 0) is 19.6 Å². The van der Waals surface area contributed by atoms with Crippen molar-refractivity contribution in [3.8, 4) is 5.75 Å². The molecule has 3 saturated heterocycles. The van der Waals surface area contributed by atoms with E-state index in [1.54, 1.807) is 17.0 Å². The SMILES string of the molecule is CC(C)(C)c1cc(C(=O)CN2CC3=CC4OCNCOC4C=C3C2=N)cc(N2CCOCC2)c1O. The molecule has 3 N–H and O–H groups in total. The van der Waals surface area contributed by atoms with Crippen molar-refractivity contribution in [1.29, 1.82) is 5.41 Å². The number of hydrogen-bond acceptors (Lipinski definition) is 8. The van der Waals surface area contributed by atoms with Crippen LogP contribution in [0.25, 0.3) is 0 Å². The molecule has 0 bridgehead atoms. The van der Waals surface area contributed by atoms with E-state index in [9.17, 15) is 9.90 Å². The van der Waals surface area contributed by atoms with Gasteiger partial charge in [0.2, 0.25) is 0 Å². The highest BCUT2D eigenvalue weighted by atomic mass is 16.6. The van der Waals surface area contributed by atoms with E-state index in [0.717, 1.165) is 16.7 Å². The van der Waals surface area contributed by atoms with Crippen LogP contribution in [0.3, 0.4) is 0 Å². The number of fused-ring (bicyclic) bond motifs is 2. The van der Waals surface area contributed by atoms with Crippen LogP contribution >= 0.6 is 0 Å². The summed E-state index contributed by atoms with van der Waals surface area (Å²) in [7, 11) is 0. The van der Waals surface area contributed by atoms with Gasteiger partial charge in [0.05, 0.1) is 38.9 Å². The number of ether oxygens (including phenoxy) is 3. The Hall–Kier alpha value is -2.72. The number of morpholine rings is 1. The van der Waals surface area contributed by atoms with E-state index in [0.29, 0.717) is 63.4 Å². The number of hydrogen-bond donors (Lipinski definition) is 3. The molecule has 0 radical (unpaired) electrons. The van der Waals surface area contributed by atoms with Crippen LogP contribution < -0.4 is 10.2 Å². The Labute approximate surface area is 205 Å². The Morgan fingerprint density at radius 1 is 1.14 bits per heavy atom. The summed E-state index contributed by atoms with van der Waals surface area (Å²) in [6.45, 7) is 9.96. The molecule has 188 valence electrons. The van der Waals surface area contributed by atoms with E-state index in [2.05, 4.69) is 10.2 Å². The van der Waals surface area contributed by atoms with Gasteiger partial charge in [-0.05, 0) is 35.3 Å². The standard InChI is InChI=1S/C26H34N4O5/c1-26(2,3)19-8-16(9-20(24(19)32)29-4-6-33-7-5-29)21(31)13-30-12-17-10-22-23(11-18(17)25(30)27)35-15-28-14-34-22/h8-11,22-23,27-28,32H,4-7,12-15H2,1-3H3. The zero-order valence-electron chi connectivity index (χ0n) is 20.6. The highest BCUT2D eigenvalue weighted by molar-refractivity contribution is 6.07. The Kier molecular flexibility index (Phi) is 6.43. The van der Waals surface area contributed by atoms with Gasteiger partial charge < -0.3 is 29.1 Å². The Morgan fingerprint density at radius 3 is 2.51 bits per heavy atom. The minimum Gasteiger partial charge on any atom is -0.505 e. The van der Waals surface area contributed by atoms with Gasteiger partial charge in [0.1, 0.15) is 23.8 Å². The summed E-state index contributed by atoms with van der Waals surface area (Å²) in [6.07, 6.45) is 3.51. The summed E-state index contributed by atoms with van der Waals surface area (Å²) in [5, 5.41) is 22.8. The fraction of sp³-hybridized carbons (Fsp3) is 0.538. The third kappa shape index (κ3) is 4.73. The van der Waals surface area contributed by atoms with Gasteiger partial charge in [-0.15, -0.1) is 0 Å². The summed E-state index contributed by atoms with van der Waals surface area (Å²) in [4.78, 5) is 17.4. The topological polar surface area (TPSA) is 107 Å². The average molecular weight is 483 g/mol. The highest BCUT2D eigenvalue weighted by Crippen LogP contribution is 2.40. The summed E-state index contributed by atoms with van der Waals surface area (Å²) in [6, 6.07) is 3.59. The summed E-state index contributed by atoms with van der Waals surface area (Å²) < 4.78 is 17.1. The van der Waals surface area contributed by atoms with Crippen LogP contribution in [0.2, 0.25) is 0 Å². The monoisotopic (exact) mass is 482 g/mol. The van der Waals surface area contributed by atoms with Crippen LogP contribution in [0, 0.1) is 5.41 Å². The van der Waals surface area contributed by atoms with E-state index >= 15 is 0 Å². The number of nitrogens with zero attached hydrogens (tertiary/aromatic N) is 2. The molecule has 5 rings (SSSR count). The van der Waals surface area contributed by atoms with Gasteiger partial charge in [-0.25, -0.2) is 0 Å². The second-order valence-corrected chi connectivity index (χ2v) is 10.4. The molecule has 0 amide bonds. The van der Waals surface area contributed by atoms with Crippen molar-refractivity contribution in [3.05, 3.63) is 46.6 Å². The fourth-order valence-electron chi connectivity index (χ4n) is 5.01. The van der Waals surface area contributed by atoms with Crippen LogP contribution in [0.1, 0.15) is 36.7 Å². The van der Waals surface area contributed by atoms with Crippen LogP contribution in [-0.4, -0.2) is 86.7 Å². The molecule has 9 nitrogen and oxygen atoms in total. The van der Waals surface area contributed by atoms with Gasteiger partial charge in [-0.2, -0.15) is 0 Å². The molecule has 1 aromatic carbocycles. The van der Waals surface area contributed by atoms with Crippen molar-refractivity contribution < 1.29 is 24.1 Å². The first-order valence-electron chi connectivity index (χ1n) is 12.2. The zero-order valence-corrected chi connectivity index (χ0v) is 20.6. The third-order valence-corrected chi connectivity index (χ3v) is 6.96. The smallest absolute Gasteiger partial charge is 0.182 e. The van der Waals surface area contributed by atoms with E-state index in [4.69, 9.17) is 19.6 Å². The second-order valence-electron chi connectivity index (χ2n) is 10.4. The Bertz CT molecular complexity index is 1080. The van der Waals surface area contributed by atoms with Crippen molar-refractivity contribution >= 4 is 17.3 Å².